The van der Waals surface area contributed by atoms with Gasteiger partial charge in [0.25, 0.3) is 5.91 Å². The molecular formula is C18H21NOS. The van der Waals surface area contributed by atoms with Crippen LogP contribution in [0.25, 0.3) is 0 Å². The molecule has 0 aliphatic heterocycles. The van der Waals surface area contributed by atoms with Gasteiger partial charge in [-0.15, -0.1) is 11.8 Å². The van der Waals surface area contributed by atoms with Gasteiger partial charge >= 0.3 is 0 Å². The molecule has 0 unspecified atom stereocenters. The smallest absolute Gasteiger partial charge is 0.252 e. The summed E-state index contributed by atoms with van der Waals surface area (Å²) >= 11 is 1.59. The van der Waals surface area contributed by atoms with Gasteiger partial charge < -0.3 is 5.32 Å². The van der Waals surface area contributed by atoms with Crippen molar-refractivity contribution < 1.29 is 4.79 Å². The number of thioether (sulfide) groups is 1. The lowest BCUT2D eigenvalue weighted by Gasteiger charge is -2.18. The molecule has 0 bridgehead atoms. The van der Waals surface area contributed by atoms with E-state index in [-0.39, 0.29) is 11.9 Å². The molecule has 1 atom stereocenters. The SMILES string of the molecule is CSc1ccccc1C(=O)N[C@H](C)c1ccc(C)cc1C. The van der Waals surface area contributed by atoms with Gasteiger partial charge in [0.1, 0.15) is 0 Å². The van der Waals surface area contributed by atoms with Crippen LogP contribution in [0.2, 0.25) is 0 Å². The summed E-state index contributed by atoms with van der Waals surface area (Å²) in [7, 11) is 0. The van der Waals surface area contributed by atoms with Crippen LogP contribution in [0.1, 0.15) is 40.0 Å². The molecule has 1 N–H and O–H groups in total. The van der Waals surface area contributed by atoms with E-state index >= 15 is 0 Å². The van der Waals surface area contributed by atoms with Gasteiger partial charge in [0.15, 0.2) is 0 Å². The number of rotatable bonds is 4. The zero-order valence-corrected chi connectivity index (χ0v) is 13.8. The highest BCUT2D eigenvalue weighted by Crippen LogP contribution is 2.22. The summed E-state index contributed by atoms with van der Waals surface area (Å²) in [4.78, 5) is 13.5. The molecule has 1 amide bonds. The van der Waals surface area contributed by atoms with E-state index in [2.05, 4.69) is 37.4 Å². The monoisotopic (exact) mass is 299 g/mol. The third kappa shape index (κ3) is 3.67. The molecule has 2 rings (SSSR count). The second-order valence-corrected chi connectivity index (χ2v) is 6.10. The third-order valence-electron chi connectivity index (χ3n) is 3.59. The number of carbonyl (C=O) groups excluding carboxylic acids is 1. The molecule has 2 aromatic carbocycles. The highest BCUT2D eigenvalue weighted by Gasteiger charge is 2.15. The van der Waals surface area contributed by atoms with Gasteiger partial charge in [-0.25, -0.2) is 0 Å². The van der Waals surface area contributed by atoms with Crippen molar-refractivity contribution in [3.05, 3.63) is 64.7 Å². The van der Waals surface area contributed by atoms with Crippen LogP contribution in [-0.2, 0) is 0 Å². The molecule has 0 aliphatic carbocycles. The van der Waals surface area contributed by atoms with Gasteiger partial charge in [0.05, 0.1) is 11.6 Å². The predicted molar refractivity (Wildman–Crippen MR) is 90.0 cm³/mol. The van der Waals surface area contributed by atoms with Gasteiger partial charge in [-0.3, -0.25) is 4.79 Å². The summed E-state index contributed by atoms with van der Waals surface area (Å²) in [6.07, 6.45) is 1.99. The van der Waals surface area contributed by atoms with E-state index in [1.165, 1.54) is 11.1 Å². The van der Waals surface area contributed by atoms with E-state index in [1.54, 1.807) is 11.8 Å². The Hall–Kier alpha value is -1.74. The average Bonchev–Trinajstić information content (AvgIpc) is 2.46. The van der Waals surface area contributed by atoms with Crippen molar-refractivity contribution in [3.8, 4) is 0 Å². The van der Waals surface area contributed by atoms with Crippen molar-refractivity contribution >= 4 is 17.7 Å². The molecule has 0 saturated carbocycles. The molecule has 2 aromatic rings. The molecule has 21 heavy (non-hydrogen) atoms. The lowest BCUT2D eigenvalue weighted by Crippen LogP contribution is -2.27. The number of hydrogen-bond acceptors (Lipinski definition) is 2. The average molecular weight is 299 g/mol. The topological polar surface area (TPSA) is 29.1 Å². The maximum atomic E-state index is 12.5. The van der Waals surface area contributed by atoms with Gasteiger partial charge in [-0.2, -0.15) is 0 Å². The van der Waals surface area contributed by atoms with E-state index in [9.17, 15) is 4.79 Å². The van der Waals surface area contributed by atoms with E-state index in [4.69, 9.17) is 0 Å². The van der Waals surface area contributed by atoms with E-state index in [0.717, 1.165) is 16.0 Å². The zero-order valence-electron chi connectivity index (χ0n) is 12.9. The molecule has 0 aliphatic rings. The highest BCUT2D eigenvalue weighted by atomic mass is 32.2. The summed E-state index contributed by atoms with van der Waals surface area (Å²) in [5.74, 6) is -0.0209. The Labute approximate surface area is 131 Å². The second-order valence-electron chi connectivity index (χ2n) is 5.26. The van der Waals surface area contributed by atoms with Crippen LogP contribution >= 0.6 is 11.8 Å². The standard InChI is InChI=1S/C18H21NOS/c1-12-9-10-15(13(2)11-12)14(3)19-18(20)16-7-5-6-8-17(16)21-4/h5-11,14H,1-4H3,(H,19,20)/t14-/m1/s1. The minimum atomic E-state index is -0.0209. The normalized spacial score (nSPS) is 12.0. The van der Waals surface area contributed by atoms with Crippen LogP contribution < -0.4 is 5.32 Å². The van der Waals surface area contributed by atoms with Crippen molar-refractivity contribution in [2.75, 3.05) is 6.26 Å². The van der Waals surface area contributed by atoms with Gasteiger partial charge in [0.2, 0.25) is 0 Å². The second kappa shape index (κ2) is 6.81. The third-order valence-corrected chi connectivity index (χ3v) is 4.39. The molecule has 110 valence electrons. The van der Waals surface area contributed by atoms with Crippen LogP contribution in [0.4, 0.5) is 0 Å². The van der Waals surface area contributed by atoms with Crippen molar-refractivity contribution in [2.45, 2.75) is 31.7 Å². The van der Waals surface area contributed by atoms with Crippen LogP contribution in [0.5, 0.6) is 0 Å². The highest BCUT2D eigenvalue weighted by molar-refractivity contribution is 7.98. The molecule has 3 heteroatoms. The van der Waals surface area contributed by atoms with Crippen molar-refractivity contribution in [2.24, 2.45) is 0 Å². The fraction of sp³-hybridized carbons (Fsp3) is 0.278. The van der Waals surface area contributed by atoms with Gasteiger partial charge in [-0.1, -0.05) is 35.9 Å². The summed E-state index contributed by atoms with van der Waals surface area (Å²) in [5.41, 5.74) is 4.35. The zero-order chi connectivity index (χ0) is 15.4. The molecule has 0 spiro atoms. The Morgan fingerprint density at radius 1 is 1.14 bits per heavy atom. The predicted octanol–water partition coefficient (Wildman–Crippen LogP) is 4.52. The number of amides is 1. The summed E-state index contributed by atoms with van der Waals surface area (Å²) in [5, 5.41) is 3.10. The van der Waals surface area contributed by atoms with Crippen LogP contribution in [-0.4, -0.2) is 12.2 Å². The fourth-order valence-electron chi connectivity index (χ4n) is 2.50. The number of hydrogen-bond donors (Lipinski definition) is 1. The number of carbonyl (C=O) groups is 1. The van der Waals surface area contributed by atoms with Gasteiger partial charge in [-0.05, 0) is 50.3 Å². The Morgan fingerprint density at radius 2 is 1.86 bits per heavy atom. The van der Waals surface area contributed by atoms with Crippen molar-refractivity contribution in [1.82, 2.24) is 5.32 Å². The molecule has 0 saturated heterocycles. The first-order chi connectivity index (χ1) is 10.0. The molecular weight excluding hydrogens is 278 g/mol. The molecule has 0 radical (unpaired) electrons. The molecule has 0 aromatic heterocycles. The minimum Gasteiger partial charge on any atom is -0.345 e. The van der Waals surface area contributed by atoms with Crippen molar-refractivity contribution in [1.29, 1.82) is 0 Å². The van der Waals surface area contributed by atoms with E-state index < -0.39 is 0 Å². The van der Waals surface area contributed by atoms with Crippen LogP contribution in [0.3, 0.4) is 0 Å². The number of nitrogens with one attached hydrogen (secondary N) is 1. The lowest BCUT2D eigenvalue weighted by atomic mass is 10.00. The first-order valence-corrected chi connectivity index (χ1v) is 8.26. The largest absolute Gasteiger partial charge is 0.345 e. The molecule has 2 nitrogen and oxygen atoms in total. The van der Waals surface area contributed by atoms with Crippen molar-refractivity contribution in [3.63, 3.8) is 0 Å². The fourth-order valence-corrected chi connectivity index (χ4v) is 3.09. The molecule has 0 heterocycles. The van der Waals surface area contributed by atoms with Crippen LogP contribution in [0.15, 0.2) is 47.4 Å². The summed E-state index contributed by atoms with van der Waals surface area (Å²) in [6.45, 7) is 6.19. The Morgan fingerprint density at radius 3 is 2.52 bits per heavy atom. The van der Waals surface area contributed by atoms with E-state index in [1.807, 2.05) is 37.4 Å². The Bertz CT molecular complexity index is 651. The van der Waals surface area contributed by atoms with Crippen LogP contribution in [0, 0.1) is 13.8 Å². The minimum absolute atomic E-state index is 0.00647. The quantitative estimate of drug-likeness (QED) is 0.841. The lowest BCUT2D eigenvalue weighted by molar-refractivity contribution is 0.0937. The first-order valence-electron chi connectivity index (χ1n) is 7.04. The number of benzene rings is 2. The number of aryl methyl sites for hydroxylation is 2. The van der Waals surface area contributed by atoms with E-state index in [0.29, 0.717) is 0 Å². The Kier molecular flexibility index (Phi) is 5.07. The summed E-state index contributed by atoms with van der Waals surface area (Å²) in [6, 6.07) is 14.0. The first kappa shape index (κ1) is 15.6. The summed E-state index contributed by atoms with van der Waals surface area (Å²) < 4.78 is 0. The van der Waals surface area contributed by atoms with Gasteiger partial charge in [0, 0.05) is 4.90 Å². The molecule has 0 fully saturated rings. The Balaban J connectivity index is 2.19. The maximum absolute atomic E-state index is 12.5. The maximum Gasteiger partial charge on any atom is 0.252 e.